The average Bonchev–Trinajstić information content (AvgIpc) is 2.52. The van der Waals surface area contributed by atoms with Crippen molar-refractivity contribution in [2.24, 2.45) is 0 Å². The van der Waals surface area contributed by atoms with Crippen LogP contribution in [-0.4, -0.2) is 34.2 Å². The standard InChI is InChI=1S/C13H17N5O2/c1-4-9-6-5-7-14-10(9)8-15-11-16-12(19-2)18-13(17-11)20-3/h5-7H,4,8H2,1-3H3,(H,15,16,17,18). The van der Waals surface area contributed by atoms with Crippen LogP contribution < -0.4 is 14.8 Å². The van der Waals surface area contributed by atoms with Crippen LogP contribution in [0, 0.1) is 0 Å². The van der Waals surface area contributed by atoms with Crippen LogP contribution in [0.1, 0.15) is 18.2 Å². The van der Waals surface area contributed by atoms with E-state index in [2.05, 4.69) is 38.2 Å². The van der Waals surface area contributed by atoms with Crippen molar-refractivity contribution in [2.45, 2.75) is 19.9 Å². The summed E-state index contributed by atoms with van der Waals surface area (Å²) in [7, 11) is 2.99. The lowest BCUT2D eigenvalue weighted by Gasteiger charge is -2.09. The highest BCUT2D eigenvalue weighted by molar-refractivity contribution is 5.30. The molecule has 0 radical (unpaired) electrons. The van der Waals surface area contributed by atoms with E-state index in [1.54, 1.807) is 6.20 Å². The highest BCUT2D eigenvalue weighted by atomic mass is 16.5. The smallest absolute Gasteiger partial charge is 0.324 e. The summed E-state index contributed by atoms with van der Waals surface area (Å²) in [5.41, 5.74) is 2.15. The minimum atomic E-state index is 0.205. The molecule has 0 spiro atoms. The van der Waals surface area contributed by atoms with Gasteiger partial charge in [0.05, 0.1) is 26.5 Å². The number of hydrogen-bond donors (Lipinski definition) is 1. The normalized spacial score (nSPS) is 10.2. The van der Waals surface area contributed by atoms with Gasteiger partial charge in [-0.1, -0.05) is 13.0 Å². The fraction of sp³-hybridized carbons (Fsp3) is 0.385. The van der Waals surface area contributed by atoms with E-state index >= 15 is 0 Å². The largest absolute Gasteiger partial charge is 0.467 e. The molecule has 2 heterocycles. The third kappa shape index (κ3) is 3.31. The van der Waals surface area contributed by atoms with Crippen LogP contribution in [0.25, 0.3) is 0 Å². The third-order valence-electron chi connectivity index (χ3n) is 2.74. The summed E-state index contributed by atoms with van der Waals surface area (Å²) < 4.78 is 9.99. The number of methoxy groups -OCH3 is 2. The topological polar surface area (TPSA) is 82.1 Å². The molecule has 0 atom stereocenters. The molecule has 2 aromatic heterocycles. The lowest BCUT2D eigenvalue weighted by atomic mass is 10.1. The van der Waals surface area contributed by atoms with Crippen LogP contribution in [0.2, 0.25) is 0 Å². The Labute approximate surface area is 117 Å². The SMILES string of the molecule is CCc1cccnc1CNc1nc(OC)nc(OC)n1. The van der Waals surface area contributed by atoms with Crippen LogP contribution in [0.15, 0.2) is 18.3 Å². The van der Waals surface area contributed by atoms with Crippen molar-refractivity contribution in [3.63, 3.8) is 0 Å². The zero-order valence-electron chi connectivity index (χ0n) is 11.8. The molecule has 0 amide bonds. The zero-order valence-corrected chi connectivity index (χ0v) is 11.8. The maximum Gasteiger partial charge on any atom is 0.324 e. The van der Waals surface area contributed by atoms with Gasteiger partial charge in [-0.05, 0) is 18.1 Å². The van der Waals surface area contributed by atoms with Gasteiger partial charge < -0.3 is 14.8 Å². The summed E-state index contributed by atoms with van der Waals surface area (Å²) in [6.07, 6.45) is 2.69. The van der Waals surface area contributed by atoms with Crippen molar-refractivity contribution >= 4 is 5.95 Å². The molecule has 7 heteroatoms. The highest BCUT2D eigenvalue weighted by Gasteiger charge is 2.08. The molecule has 0 aliphatic heterocycles. The van der Waals surface area contributed by atoms with Gasteiger partial charge in [0.1, 0.15) is 0 Å². The van der Waals surface area contributed by atoms with Gasteiger partial charge in [0.25, 0.3) is 0 Å². The summed E-state index contributed by atoms with van der Waals surface area (Å²) in [6.45, 7) is 2.62. The number of hydrogen-bond acceptors (Lipinski definition) is 7. The molecule has 0 aromatic carbocycles. The van der Waals surface area contributed by atoms with Gasteiger partial charge in [0.2, 0.25) is 5.95 Å². The van der Waals surface area contributed by atoms with E-state index in [0.29, 0.717) is 12.5 Å². The molecule has 1 N–H and O–H groups in total. The summed E-state index contributed by atoms with van der Waals surface area (Å²) in [5, 5.41) is 3.10. The molecule has 0 saturated carbocycles. The Kier molecular flexibility index (Phi) is 4.65. The van der Waals surface area contributed by atoms with Gasteiger partial charge in [0, 0.05) is 6.20 Å². The molecule has 2 aromatic rings. The molecule has 0 aliphatic carbocycles. The number of rotatable bonds is 6. The Balaban J connectivity index is 2.14. The molecular formula is C13H17N5O2. The van der Waals surface area contributed by atoms with Crippen molar-refractivity contribution in [1.29, 1.82) is 0 Å². The van der Waals surface area contributed by atoms with Crippen LogP contribution in [-0.2, 0) is 13.0 Å². The van der Waals surface area contributed by atoms with Gasteiger partial charge >= 0.3 is 12.0 Å². The Bertz CT molecular complexity index is 554. The third-order valence-corrected chi connectivity index (χ3v) is 2.74. The van der Waals surface area contributed by atoms with Gasteiger partial charge in [-0.15, -0.1) is 4.98 Å². The van der Waals surface area contributed by atoms with E-state index in [1.807, 2.05) is 6.07 Å². The molecule has 7 nitrogen and oxygen atoms in total. The van der Waals surface area contributed by atoms with E-state index in [-0.39, 0.29) is 12.0 Å². The second-order valence-electron chi connectivity index (χ2n) is 3.95. The first-order valence-electron chi connectivity index (χ1n) is 6.27. The number of nitrogens with one attached hydrogen (secondary N) is 1. The monoisotopic (exact) mass is 275 g/mol. The Morgan fingerprint density at radius 3 is 2.40 bits per heavy atom. The van der Waals surface area contributed by atoms with Gasteiger partial charge in [-0.25, -0.2) is 0 Å². The maximum atomic E-state index is 5.00. The van der Waals surface area contributed by atoms with E-state index in [1.165, 1.54) is 19.8 Å². The minimum absolute atomic E-state index is 0.205. The highest BCUT2D eigenvalue weighted by Crippen LogP contribution is 2.13. The summed E-state index contributed by atoms with van der Waals surface area (Å²) >= 11 is 0. The Morgan fingerprint density at radius 1 is 1.10 bits per heavy atom. The zero-order chi connectivity index (χ0) is 14.4. The van der Waals surface area contributed by atoms with Crippen LogP contribution in [0.5, 0.6) is 12.0 Å². The van der Waals surface area contributed by atoms with E-state index in [0.717, 1.165) is 12.1 Å². The number of ether oxygens (including phenoxy) is 2. The molecule has 0 fully saturated rings. The van der Waals surface area contributed by atoms with Crippen molar-refractivity contribution in [3.05, 3.63) is 29.6 Å². The van der Waals surface area contributed by atoms with Crippen molar-refractivity contribution in [3.8, 4) is 12.0 Å². The fourth-order valence-electron chi connectivity index (χ4n) is 1.71. The number of anilines is 1. The van der Waals surface area contributed by atoms with E-state index in [4.69, 9.17) is 9.47 Å². The summed E-state index contributed by atoms with van der Waals surface area (Å²) in [5.74, 6) is 0.390. The van der Waals surface area contributed by atoms with Crippen molar-refractivity contribution < 1.29 is 9.47 Å². The predicted molar refractivity (Wildman–Crippen MR) is 73.9 cm³/mol. The van der Waals surface area contributed by atoms with Gasteiger partial charge in [-0.3, -0.25) is 4.98 Å². The predicted octanol–water partition coefficient (Wildman–Crippen LogP) is 1.46. The van der Waals surface area contributed by atoms with Crippen molar-refractivity contribution in [1.82, 2.24) is 19.9 Å². The first-order chi connectivity index (χ1) is 9.76. The summed E-state index contributed by atoms with van der Waals surface area (Å²) in [4.78, 5) is 16.5. The molecule has 0 bridgehead atoms. The average molecular weight is 275 g/mol. The Hall–Kier alpha value is -2.44. The van der Waals surface area contributed by atoms with Gasteiger partial charge in [0.15, 0.2) is 0 Å². The van der Waals surface area contributed by atoms with Crippen molar-refractivity contribution in [2.75, 3.05) is 19.5 Å². The molecule has 0 unspecified atom stereocenters. The summed E-state index contributed by atoms with van der Waals surface area (Å²) in [6, 6.07) is 4.39. The molecule has 20 heavy (non-hydrogen) atoms. The first-order valence-corrected chi connectivity index (χ1v) is 6.27. The van der Waals surface area contributed by atoms with Crippen LogP contribution in [0.3, 0.4) is 0 Å². The second kappa shape index (κ2) is 6.65. The van der Waals surface area contributed by atoms with E-state index in [9.17, 15) is 0 Å². The number of aromatic nitrogens is 4. The lowest BCUT2D eigenvalue weighted by molar-refractivity contribution is 0.341. The number of pyridine rings is 1. The number of nitrogens with zero attached hydrogens (tertiary/aromatic N) is 4. The molecular weight excluding hydrogens is 258 g/mol. The minimum Gasteiger partial charge on any atom is -0.467 e. The molecule has 106 valence electrons. The van der Waals surface area contributed by atoms with Crippen LogP contribution in [0.4, 0.5) is 5.95 Å². The van der Waals surface area contributed by atoms with Gasteiger partial charge in [-0.2, -0.15) is 9.97 Å². The Morgan fingerprint density at radius 2 is 1.80 bits per heavy atom. The number of aryl methyl sites for hydroxylation is 1. The molecule has 0 saturated heterocycles. The molecule has 0 aliphatic rings. The molecule has 2 rings (SSSR count). The quantitative estimate of drug-likeness (QED) is 0.854. The first kappa shape index (κ1) is 14.0. The van der Waals surface area contributed by atoms with Crippen LogP contribution >= 0.6 is 0 Å². The lowest BCUT2D eigenvalue weighted by Crippen LogP contribution is -2.09. The second-order valence-corrected chi connectivity index (χ2v) is 3.95. The maximum absolute atomic E-state index is 5.00. The van der Waals surface area contributed by atoms with E-state index < -0.39 is 0 Å². The fourth-order valence-corrected chi connectivity index (χ4v) is 1.71.